The molecule has 1 heterocycles. The van der Waals surface area contributed by atoms with Gasteiger partial charge < -0.3 is 15.8 Å². The Bertz CT molecular complexity index is 488. The number of ether oxygens (including phenoxy) is 1. The van der Waals surface area contributed by atoms with Crippen LogP contribution in [0, 0.1) is 0 Å². The number of nitrogen functional groups attached to an aromatic ring is 1. The largest absolute Gasteiger partial charge is 0.398 e. The first-order valence-electron chi connectivity index (χ1n) is 6.37. The zero-order valence-electron chi connectivity index (χ0n) is 11.2. The molecule has 1 aromatic rings. The van der Waals surface area contributed by atoms with Crippen LogP contribution in [-0.4, -0.2) is 24.2 Å². The molecule has 1 unspecified atom stereocenters. The Morgan fingerprint density at radius 2 is 2.26 bits per heavy atom. The minimum absolute atomic E-state index is 0.106. The second-order valence-electron chi connectivity index (χ2n) is 5.50. The summed E-state index contributed by atoms with van der Waals surface area (Å²) in [5, 5.41) is 3.51. The van der Waals surface area contributed by atoms with E-state index in [1.165, 1.54) is 0 Å². The quantitative estimate of drug-likeness (QED) is 0.820. The standard InChI is InChI=1S/C14H19ClN2O2/c1-14(2)8-10(5-6-19-14)17-13(18)11-7-9(15)3-4-12(11)16/h3-4,7,10H,5-6,8,16H2,1-2H3,(H,17,18). The second kappa shape index (κ2) is 5.39. The number of rotatable bonds is 2. The number of carbonyl (C=O) groups excluding carboxylic acids is 1. The Kier molecular flexibility index (Phi) is 4.02. The molecule has 0 radical (unpaired) electrons. The van der Waals surface area contributed by atoms with Crippen molar-refractivity contribution in [2.45, 2.75) is 38.3 Å². The van der Waals surface area contributed by atoms with Crippen molar-refractivity contribution >= 4 is 23.2 Å². The molecule has 0 aromatic heterocycles. The summed E-state index contributed by atoms with van der Waals surface area (Å²) in [6, 6.07) is 5.02. The van der Waals surface area contributed by atoms with E-state index in [0.717, 1.165) is 12.8 Å². The number of halogens is 1. The van der Waals surface area contributed by atoms with Gasteiger partial charge in [0, 0.05) is 23.4 Å². The van der Waals surface area contributed by atoms with E-state index in [1.54, 1.807) is 18.2 Å². The summed E-state index contributed by atoms with van der Waals surface area (Å²) in [7, 11) is 0. The average Bonchev–Trinajstić information content (AvgIpc) is 2.31. The monoisotopic (exact) mass is 282 g/mol. The first-order valence-corrected chi connectivity index (χ1v) is 6.75. The Morgan fingerprint density at radius 1 is 1.53 bits per heavy atom. The van der Waals surface area contributed by atoms with Crippen LogP contribution in [0.4, 0.5) is 5.69 Å². The highest BCUT2D eigenvalue weighted by Gasteiger charge is 2.30. The molecule has 0 aliphatic carbocycles. The molecule has 104 valence electrons. The number of benzene rings is 1. The maximum absolute atomic E-state index is 12.2. The van der Waals surface area contributed by atoms with Gasteiger partial charge in [0.05, 0.1) is 11.2 Å². The van der Waals surface area contributed by atoms with Gasteiger partial charge in [0.15, 0.2) is 0 Å². The van der Waals surface area contributed by atoms with Crippen molar-refractivity contribution in [3.63, 3.8) is 0 Å². The fourth-order valence-electron chi connectivity index (χ4n) is 2.34. The Morgan fingerprint density at radius 3 is 2.95 bits per heavy atom. The molecule has 0 spiro atoms. The third-order valence-electron chi connectivity index (χ3n) is 3.29. The highest BCUT2D eigenvalue weighted by atomic mass is 35.5. The van der Waals surface area contributed by atoms with Gasteiger partial charge in [0.1, 0.15) is 0 Å². The van der Waals surface area contributed by atoms with Crippen molar-refractivity contribution in [2.75, 3.05) is 12.3 Å². The second-order valence-corrected chi connectivity index (χ2v) is 5.94. The molecule has 1 saturated heterocycles. The molecule has 0 saturated carbocycles. The molecule has 19 heavy (non-hydrogen) atoms. The molecular formula is C14H19ClN2O2. The van der Waals surface area contributed by atoms with Crippen molar-refractivity contribution in [1.82, 2.24) is 5.32 Å². The lowest BCUT2D eigenvalue weighted by atomic mass is 9.93. The first kappa shape index (κ1) is 14.2. The van der Waals surface area contributed by atoms with E-state index in [2.05, 4.69) is 5.32 Å². The van der Waals surface area contributed by atoms with Crippen LogP contribution in [0.5, 0.6) is 0 Å². The summed E-state index contributed by atoms with van der Waals surface area (Å²) in [5.74, 6) is -0.178. The van der Waals surface area contributed by atoms with Crippen LogP contribution in [-0.2, 0) is 4.74 Å². The molecule has 0 bridgehead atoms. The van der Waals surface area contributed by atoms with Gasteiger partial charge >= 0.3 is 0 Å². The van der Waals surface area contributed by atoms with Gasteiger partial charge in [-0.3, -0.25) is 4.79 Å². The zero-order valence-corrected chi connectivity index (χ0v) is 12.0. The number of hydrogen-bond donors (Lipinski definition) is 2. The van der Waals surface area contributed by atoms with E-state index < -0.39 is 0 Å². The Balaban J connectivity index is 2.06. The van der Waals surface area contributed by atoms with Crippen LogP contribution >= 0.6 is 11.6 Å². The maximum atomic E-state index is 12.2. The van der Waals surface area contributed by atoms with Crippen molar-refractivity contribution in [3.05, 3.63) is 28.8 Å². The molecule has 1 aliphatic heterocycles. The highest BCUT2D eigenvalue weighted by molar-refractivity contribution is 6.31. The summed E-state index contributed by atoms with van der Waals surface area (Å²) in [5.41, 5.74) is 6.47. The van der Waals surface area contributed by atoms with Gasteiger partial charge in [0.2, 0.25) is 0 Å². The van der Waals surface area contributed by atoms with Gasteiger partial charge in [-0.05, 0) is 44.9 Å². The summed E-state index contributed by atoms with van der Waals surface area (Å²) in [6.07, 6.45) is 1.61. The number of amides is 1. The number of nitrogens with two attached hydrogens (primary N) is 1. The van der Waals surface area contributed by atoms with Gasteiger partial charge in [-0.1, -0.05) is 11.6 Å². The van der Waals surface area contributed by atoms with Crippen LogP contribution < -0.4 is 11.1 Å². The van der Waals surface area contributed by atoms with E-state index >= 15 is 0 Å². The van der Waals surface area contributed by atoms with Gasteiger partial charge in [-0.25, -0.2) is 0 Å². The summed E-state index contributed by atoms with van der Waals surface area (Å²) < 4.78 is 5.63. The molecule has 1 aromatic carbocycles. The minimum atomic E-state index is -0.198. The van der Waals surface area contributed by atoms with E-state index in [1.807, 2.05) is 13.8 Å². The normalized spacial score (nSPS) is 21.9. The fraction of sp³-hybridized carbons (Fsp3) is 0.500. The van der Waals surface area contributed by atoms with Gasteiger partial charge in [-0.15, -0.1) is 0 Å². The first-order chi connectivity index (χ1) is 8.87. The molecular weight excluding hydrogens is 264 g/mol. The van der Waals surface area contributed by atoms with Crippen molar-refractivity contribution in [2.24, 2.45) is 0 Å². The molecule has 1 atom stereocenters. The molecule has 1 amide bonds. The third-order valence-corrected chi connectivity index (χ3v) is 3.53. The maximum Gasteiger partial charge on any atom is 0.253 e. The number of nitrogens with one attached hydrogen (secondary N) is 1. The summed E-state index contributed by atoms with van der Waals surface area (Å²) in [6.45, 7) is 4.71. The predicted molar refractivity (Wildman–Crippen MR) is 76.4 cm³/mol. The van der Waals surface area contributed by atoms with E-state index in [9.17, 15) is 4.79 Å². The molecule has 1 fully saturated rings. The zero-order chi connectivity index (χ0) is 14.0. The van der Waals surface area contributed by atoms with E-state index in [0.29, 0.717) is 22.9 Å². The van der Waals surface area contributed by atoms with Gasteiger partial charge in [-0.2, -0.15) is 0 Å². The molecule has 4 nitrogen and oxygen atoms in total. The molecule has 3 N–H and O–H groups in total. The number of carbonyl (C=O) groups is 1. The van der Waals surface area contributed by atoms with Crippen LogP contribution in [0.15, 0.2) is 18.2 Å². The van der Waals surface area contributed by atoms with Crippen LogP contribution in [0.1, 0.15) is 37.0 Å². The molecule has 1 aliphatic rings. The minimum Gasteiger partial charge on any atom is -0.398 e. The van der Waals surface area contributed by atoms with E-state index in [-0.39, 0.29) is 17.6 Å². The average molecular weight is 283 g/mol. The highest BCUT2D eigenvalue weighted by Crippen LogP contribution is 2.25. The van der Waals surface area contributed by atoms with Crippen LogP contribution in [0.2, 0.25) is 5.02 Å². The topological polar surface area (TPSA) is 64.4 Å². The van der Waals surface area contributed by atoms with Crippen LogP contribution in [0.3, 0.4) is 0 Å². The van der Waals surface area contributed by atoms with E-state index in [4.69, 9.17) is 22.1 Å². The molecule has 5 heteroatoms. The van der Waals surface area contributed by atoms with Crippen molar-refractivity contribution in [3.8, 4) is 0 Å². The summed E-state index contributed by atoms with van der Waals surface area (Å²) >= 11 is 5.89. The van der Waals surface area contributed by atoms with Crippen molar-refractivity contribution < 1.29 is 9.53 Å². The smallest absolute Gasteiger partial charge is 0.253 e. The SMILES string of the molecule is CC1(C)CC(NC(=O)c2cc(Cl)ccc2N)CCO1. The predicted octanol–water partition coefficient (Wildman–Crippen LogP) is 2.61. The number of hydrogen-bond acceptors (Lipinski definition) is 3. The Labute approximate surface area is 118 Å². The Hall–Kier alpha value is -1.26. The fourth-order valence-corrected chi connectivity index (χ4v) is 2.52. The lowest BCUT2D eigenvalue weighted by Crippen LogP contribution is -2.45. The van der Waals surface area contributed by atoms with Gasteiger partial charge in [0.25, 0.3) is 5.91 Å². The number of anilines is 1. The summed E-state index contributed by atoms with van der Waals surface area (Å²) in [4.78, 5) is 12.2. The lowest BCUT2D eigenvalue weighted by molar-refractivity contribution is -0.0615. The lowest BCUT2D eigenvalue weighted by Gasteiger charge is -2.35. The van der Waals surface area contributed by atoms with Crippen LogP contribution in [0.25, 0.3) is 0 Å². The molecule has 2 rings (SSSR count). The van der Waals surface area contributed by atoms with Crippen molar-refractivity contribution in [1.29, 1.82) is 0 Å². The third kappa shape index (κ3) is 3.61.